The normalized spacial score (nSPS) is 11.1. The van der Waals surface area contributed by atoms with E-state index in [2.05, 4.69) is 4.98 Å². The molecule has 0 saturated heterocycles. The first-order valence-electron chi connectivity index (χ1n) is 9.46. The van der Waals surface area contributed by atoms with Crippen molar-refractivity contribution in [3.05, 3.63) is 87.3 Å². The third-order valence-electron chi connectivity index (χ3n) is 4.68. The second-order valence-electron chi connectivity index (χ2n) is 6.95. The standard InChI is InChI=1S/C22H22Cl2FN3O2/c1-3-27(2)22(29)20-14-30-21(26-20)13-28(11-15-4-8-18(25)9-5-15)12-16-6-7-17(23)10-19(16)24/h4-10,14H,3,11-13H2,1-2H3. The molecule has 0 aliphatic carbocycles. The molecule has 0 aliphatic rings. The fraction of sp³-hybridized carbons (Fsp3) is 0.273. The minimum atomic E-state index is -0.290. The van der Waals surface area contributed by atoms with Crippen LogP contribution in [0.5, 0.6) is 0 Å². The number of hydrogen-bond acceptors (Lipinski definition) is 4. The van der Waals surface area contributed by atoms with Crippen LogP contribution in [0.15, 0.2) is 53.1 Å². The van der Waals surface area contributed by atoms with E-state index >= 15 is 0 Å². The molecule has 0 N–H and O–H groups in total. The summed E-state index contributed by atoms with van der Waals surface area (Å²) in [7, 11) is 1.71. The van der Waals surface area contributed by atoms with Gasteiger partial charge in [-0.3, -0.25) is 9.69 Å². The van der Waals surface area contributed by atoms with Gasteiger partial charge in [-0.1, -0.05) is 41.4 Å². The molecule has 0 saturated carbocycles. The van der Waals surface area contributed by atoms with Crippen molar-refractivity contribution in [3.63, 3.8) is 0 Å². The third kappa shape index (κ3) is 5.81. The van der Waals surface area contributed by atoms with Gasteiger partial charge >= 0.3 is 0 Å². The van der Waals surface area contributed by atoms with Crippen LogP contribution in [-0.2, 0) is 19.6 Å². The average molecular weight is 450 g/mol. The monoisotopic (exact) mass is 449 g/mol. The summed E-state index contributed by atoms with van der Waals surface area (Å²) in [5.74, 6) is -0.0738. The number of carbonyl (C=O) groups is 1. The van der Waals surface area contributed by atoms with Gasteiger partial charge in [0.25, 0.3) is 5.91 Å². The average Bonchev–Trinajstić information content (AvgIpc) is 3.19. The van der Waals surface area contributed by atoms with Crippen LogP contribution in [0.1, 0.15) is 34.4 Å². The van der Waals surface area contributed by atoms with Gasteiger partial charge in [0.1, 0.15) is 12.1 Å². The van der Waals surface area contributed by atoms with Crippen LogP contribution in [0, 0.1) is 5.82 Å². The largest absolute Gasteiger partial charge is 0.447 e. The van der Waals surface area contributed by atoms with Crippen molar-refractivity contribution < 1.29 is 13.6 Å². The lowest BCUT2D eigenvalue weighted by atomic mass is 10.1. The van der Waals surface area contributed by atoms with Crippen LogP contribution in [0.25, 0.3) is 0 Å². The molecule has 0 unspecified atom stereocenters. The Kier molecular flexibility index (Phi) is 7.48. The highest BCUT2D eigenvalue weighted by atomic mass is 35.5. The molecule has 0 spiro atoms. The number of hydrogen-bond donors (Lipinski definition) is 0. The Morgan fingerprint density at radius 3 is 2.50 bits per heavy atom. The van der Waals surface area contributed by atoms with Gasteiger partial charge in [-0.2, -0.15) is 0 Å². The lowest BCUT2D eigenvalue weighted by Gasteiger charge is -2.22. The second kappa shape index (κ2) is 10.1. The zero-order valence-electron chi connectivity index (χ0n) is 16.7. The summed E-state index contributed by atoms with van der Waals surface area (Å²) in [5.41, 5.74) is 2.08. The number of halogens is 3. The van der Waals surface area contributed by atoms with Gasteiger partial charge in [0, 0.05) is 36.7 Å². The lowest BCUT2D eigenvalue weighted by Crippen LogP contribution is -2.26. The molecular formula is C22H22Cl2FN3O2. The van der Waals surface area contributed by atoms with Gasteiger partial charge in [-0.15, -0.1) is 0 Å². The summed E-state index contributed by atoms with van der Waals surface area (Å²) < 4.78 is 18.8. The first-order valence-corrected chi connectivity index (χ1v) is 10.2. The molecule has 0 fully saturated rings. The van der Waals surface area contributed by atoms with Crippen LogP contribution in [0.4, 0.5) is 4.39 Å². The molecule has 5 nitrogen and oxygen atoms in total. The number of nitrogens with zero attached hydrogens (tertiary/aromatic N) is 3. The number of amides is 1. The van der Waals surface area contributed by atoms with Gasteiger partial charge < -0.3 is 9.32 Å². The quantitative estimate of drug-likeness (QED) is 0.460. The number of carbonyl (C=O) groups excluding carboxylic acids is 1. The van der Waals surface area contributed by atoms with Crippen molar-refractivity contribution in [1.82, 2.24) is 14.8 Å². The summed E-state index contributed by atoms with van der Waals surface area (Å²) in [6, 6.07) is 11.6. The minimum Gasteiger partial charge on any atom is -0.447 e. The van der Waals surface area contributed by atoms with Crippen molar-refractivity contribution >= 4 is 29.1 Å². The van der Waals surface area contributed by atoms with Crippen LogP contribution >= 0.6 is 23.2 Å². The minimum absolute atomic E-state index is 0.196. The summed E-state index contributed by atoms with van der Waals surface area (Å²) >= 11 is 12.4. The van der Waals surface area contributed by atoms with Gasteiger partial charge in [0.05, 0.1) is 6.54 Å². The highest BCUT2D eigenvalue weighted by Crippen LogP contribution is 2.24. The van der Waals surface area contributed by atoms with Crippen LogP contribution in [0.2, 0.25) is 10.0 Å². The van der Waals surface area contributed by atoms with E-state index in [-0.39, 0.29) is 17.4 Å². The fourth-order valence-electron chi connectivity index (χ4n) is 2.92. The van der Waals surface area contributed by atoms with Crippen molar-refractivity contribution in [2.24, 2.45) is 0 Å². The van der Waals surface area contributed by atoms with E-state index in [1.807, 2.05) is 17.9 Å². The molecular weight excluding hydrogens is 428 g/mol. The van der Waals surface area contributed by atoms with Gasteiger partial charge in [0.15, 0.2) is 5.69 Å². The molecule has 3 rings (SSSR count). The molecule has 0 bridgehead atoms. The molecule has 8 heteroatoms. The van der Waals surface area contributed by atoms with Crippen LogP contribution in [-0.4, -0.2) is 34.3 Å². The molecule has 158 valence electrons. The molecule has 1 heterocycles. The van der Waals surface area contributed by atoms with Crippen molar-refractivity contribution in [2.75, 3.05) is 13.6 Å². The molecule has 1 amide bonds. The lowest BCUT2D eigenvalue weighted by molar-refractivity contribution is 0.0796. The fourth-order valence-corrected chi connectivity index (χ4v) is 3.39. The number of benzene rings is 2. The zero-order valence-corrected chi connectivity index (χ0v) is 18.3. The third-order valence-corrected chi connectivity index (χ3v) is 5.27. The first-order chi connectivity index (χ1) is 14.4. The van der Waals surface area contributed by atoms with E-state index < -0.39 is 0 Å². The maximum atomic E-state index is 13.3. The van der Waals surface area contributed by atoms with E-state index in [9.17, 15) is 9.18 Å². The zero-order chi connectivity index (χ0) is 21.7. The molecule has 0 aliphatic heterocycles. The van der Waals surface area contributed by atoms with Crippen LogP contribution < -0.4 is 0 Å². The van der Waals surface area contributed by atoms with Gasteiger partial charge in [-0.25, -0.2) is 9.37 Å². The highest BCUT2D eigenvalue weighted by molar-refractivity contribution is 6.35. The number of rotatable bonds is 8. The van der Waals surface area contributed by atoms with E-state index in [4.69, 9.17) is 27.6 Å². The van der Waals surface area contributed by atoms with Crippen LogP contribution in [0.3, 0.4) is 0 Å². The Morgan fingerprint density at radius 1 is 1.10 bits per heavy atom. The molecule has 0 radical (unpaired) electrons. The molecule has 3 aromatic rings. The molecule has 1 aromatic heterocycles. The molecule has 0 atom stereocenters. The van der Waals surface area contributed by atoms with Gasteiger partial charge in [-0.05, 0) is 42.3 Å². The SMILES string of the molecule is CCN(C)C(=O)c1coc(CN(Cc2ccc(F)cc2)Cc2ccc(Cl)cc2Cl)n1. The predicted molar refractivity (Wildman–Crippen MR) is 115 cm³/mol. The summed E-state index contributed by atoms with van der Waals surface area (Å²) in [6.45, 7) is 3.82. The predicted octanol–water partition coefficient (Wildman–Crippen LogP) is 5.41. The molecule has 30 heavy (non-hydrogen) atoms. The summed E-state index contributed by atoms with van der Waals surface area (Å²) in [6.07, 6.45) is 1.37. The topological polar surface area (TPSA) is 49.6 Å². The van der Waals surface area contributed by atoms with E-state index in [1.54, 1.807) is 36.2 Å². The highest BCUT2D eigenvalue weighted by Gasteiger charge is 2.18. The van der Waals surface area contributed by atoms with Crippen molar-refractivity contribution in [2.45, 2.75) is 26.6 Å². The second-order valence-corrected chi connectivity index (χ2v) is 7.80. The van der Waals surface area contributed by atoms with Crippen molar-refractivity contribution in [1.29, 1.82) is 0 Å². The Balaban J connectivity index is 1.81. The van der Waals surface area contributed by atoms with E-state index in [0.29, 0.717) is 42.1 Å². The maximum Gasteiger partial charge on any atom is 0.275 e. The smallest absolute Gasteiger partial charge is 0.275 e. The Morgan fingerprint density at radius 2 is 1.83 bits per heavy atom. The Bertz CT molecular complexity index is 1010. The summed E-state index contributed by atoms with van der Waals surface area (Å²) in [5, 5.41) is 1.11. The van der Waals surface area contributed by atoms with Crippen molar-refractivity contribution in [3.8, 4) is 0 Å². The Labute approximate surface area is 185 Å². The summed E-state index contributed by atoms with van der Waals surface area (Å²) in [4.78, 5) is 20.2. The maximum absolute atomic E-state index is 13.3. The first kappa shape index (κ1) is 22.3. The van der Waals surface area contributed by atoms with E-state index in [1.165, 1.54) is 18.4 Å². The number of aromatic nitrogens is 1. The number of oxazole rings is 1. The van der Waals surface area contributed by atoms with Gasteiger partial charge in [0.2, 0.25) is 5.89 Å². The Hall–Kier alpha value is -2.41. The van der Waals surface area contributed by atoms with E-state index in [0.717, 1.165) is 11.1 Å². The molecule has 2 aromatic carbocycles.